The maximum absolute atomic E-state index is 12.0. The monoisotopic (exact) mass is 336 g/mol. The number of rotatable bonds is 4. The molecule has 0 bridgehead atoms. The third-order valence-electron chi connectivity index (χ3n) is 3.95. The molecule has 1 heterocycles. The van der Waals surface area contributed by atoms with Crippen LogP contribution in [0.15, 0.2) is 21.3 Å². The van der Waals surface area contributed by atoms with Gasteiger partial charge in [-0.05, 0) is 44.7 Å². The van der Waals surface area contributed by atoms with Gasteiger partial charge in [-0.25, -0.2) is 9.59 Å². The molecule has 6 heteroatoms. The van der Waals surface area contributed by atoms with Crippen molar-refractivity contribution in [3.05, 3.63) is 38.7 Å². The fourth-order valence-corrected chi connectivity index (χ4v) is 3.08. The van der Waals surface area contributed by atoms with Crippen LogP contribution in [-0.4, -0.2) is 18.7 Å². The zero-order valence-corrected chi connectivity index (χ0v) is 13.7. The number of benzene rings is 1. The third-order valence-corrected chi connectivity index (χ3v) is 4.24. The smallest absolute Gasteiger partial charge is 0.347 e. The molecule has 0 saturated heterocycles. The van der Waals surface area contributed by atoms with E-state index in [4.69, 9.17) is 25.5 Å². The number of halogens is 1. The van der Waals surface area contributed by atoms with Crippen molar-refractivity contribution in [3.63, 3.8) is 0 Å². The van der Waals surface area contributed by atoms with E-state index < -0.39 is 12.1 Å². The van der Waals surface area contributed by atoms with Gasteiger partial charge in [-0.2, -0.15) is 0 Å². The maximum atomic E-state index is 12.0. The first-order valence-corrected chi connectivity index (χ1v) is 8.00. The number of esters is 1. The highest BCUT2D eigenvalue weighted by Gasteiger charge is 2.22. The highest BCUT2D eigenvalue weighted by atomic mass is 35.5. The first kappa shape index (κ1) is 15.9. The Labute approximate surface area is 138 Å². The van der Waals surface area contributed by atoms with E-state index in [1.807, 2.05) is 0 Å². The van der Waals surface area contributed by atoms with Gasteiger partial charge in [0.1, 0.15) is 11.3 Å². The molecular formula is C17H17ClO5. The van der Waals surface area contributed by atoms with Crippen molar-refractivity contribution in [1.82, 2.24) is 0 Å². The third kappa shape index (κ3) is 2.93. The summed E-state index contributed by atoms with van der Waals surface area (Å²) < 4.78 is 15.8. The summed E-state index contributed by atoms with van der Waals surface area (Å²) in [7, 11) is 0. The van der Waals surface area contributed by atoms with Crippen molar-refractivity contribution >= 4 is 28.5 Å². The fourth-order valence-electron chi connectivity index (χ4n) is 2.87. The average molecular weight is 337 g/mol. The first-order valence-electron chi connectivity index (χ1n) is 7.62. The second-order valence-corrected chi connectivity index (χ2v) is 5.90. The number of hydrogen-bond donors (Lipinski definition) is 0. The molecule has 2 aromatic rings. The fraction of sp³-hybridized carbons (Fsp3) is 0.412. The van der Waals surface area contributed by atoms with Crippen LogP contribution in [0.1, 0.15) is 31.4 Å². The zero-order valence-electron chi connectivity index (χ0n) is 13.0. The minimum absolute atomic E-state index is 0.277. The standard InChI is InChI=1S/C17H17ClO5/c1-3-21-16(19)9(2)22-15-8-14-12(7-13(15)18)10-5-4-6-11(10)17(20)23-14/h7-9H,3-6H2,1-2H3/t9-/m0/s1. The number of ether oxygens (including phenoxy) is 2. The minimum atomic E-state index is -0.800. The van der Waals surface area contributed by atoms with E-state index in [1.165, 1.54) is 0 Å². The molecule has 0 amide bonds. The van der Waals surface area contributed by atoms with Gasteiger partial charge in [0, 0.05) is 17.0 Å². The average Bonchev–Trinajstić information content (AvgIpc) is 3.00. The predicted octanol–water partition coefficient (Wildman–Crippen LogP) is 3.27. The Kier molecular flexibility index (Phi) is 4.31. The van der Waals surface area contributed by atoms with Crippen molar-refractivity contribution < 1.29 is 18.7 Å². The second-order valence-electron chi connectivity index (χ2n) is 5.49. The van der Waals surface area contributed by atoms with Crippen LogP contribution in [0, 0.1) is 0 Å². The summed E-state index contributed by atoms with van der Waals surface area (Å²) in [5.41, 5.74) is 1.85. The van der Waals surface area contributed by atoms with Crippen LogP contribution in [0.25, 0.3) is 11.0 Å². The number of hydrogen-bond acceptors (Lipinski definition) is 5. The molecule has 0 aliphatic heterocycles. The number of carbonyl (C=O) groups is 1. The Morgan fingerprint density at radius 3 is 2.83 bits per heavy atom. The Hall–Kier alpha value is -2.01. The normalized spacial score (nSPS) is 14.6. The molecule has 0 spiro atoms. The molecule has 5 nitrogen and oxygen atoms in total. The highest BCUT2D eigenvalue weighted by Crippen LogP contribution is 2.35. The lowest BCUT2D eigenvalue weighted by Gasteiger charge is -2.15. The molecule has 23 heavy (non-hydrogen) atoms. The maximum Gasteiger partial charge on any atom is 0.347 e. The van der Waals surface area contributed by atoms with Gasteiger partial charge >= 0.3 is 11.6 Å². The minimum Gasteiger partial charge on any atom is -0.477 e. The molecule has 1 aromatic heterocycles. The van der Waals surface area contributed by atoms with E-state index in [0.29, 0.717) is 16.4 Å². The Morgan fingerprint density at radius 1 is 1.35 bits per heavy atom. The van der Waals surface area contributed by atoms with E-state index >= 15 is 0 Å². The molecule has 3 rings (SSSR count). The van der Waals surface area contributed by atoms with Gasteiger partial charge in [0.25, 0.3) is 0 Å². The summed E-state index contributed by atoms with van der Waals surface area (Å²) in [5.74, 6) is -0.181. The second kappa shape index (κ2) is 6.24. The lowest BCUT2D eigenvalue weighted by Crippen LogP contribution is -2.26. The van der Waals surface area contributed by atoms with E-state index in [0.717, 1.165) is 35.8 Å². The van der Waals surface area contributed by atoms with Crippen molar-refractivity contribution in [2.24, 2.45) is 0 Å². The van der Waals surface area contributed by atoms with Gasteiger partial charge < -0.3 is 13.9 Å². The van der Waals surface area contributed by atoms with Crippen LogP contribution in [0.4, 0.5) is 0 Å². The first-order chi connectivity index (χ1) is 11.0. The molecule has 0 N–H and O–H groups in total. The van der Waals surface area contributed by atoms with Crippen LogP contribution in [-0.2, 0) is 22.4 Å². The summed E-state index contributed by atoms with van der Waals surface area (Å²) in [6.45, 7) is 3.58. The van der Waals surface area contributed by atoms with Gasteiger partial charge in [0.05, 0.1) is 11.6 Å². The Morgan fingerprint density at radius 2 is 2.09 bits per heavy atom. The lowest BCUT2D eigenvalue weighted by molar-refractivity contribution is -0.150. The molecule has 1 atom stereocenters. The van der Waals surface area contributed by atoms with Gasteiger partial charge in [-0.15, -0.1) is 0 Å². The van der Waals surface area contributed by atoms with Crippen LogP contribution in [0.5, 0.6) is 5.75 Å². The van der Waals surface area contributed by atoms with Gasteiger partial charge in [0.15, 0.2) is 6.10 Å². The molecule has 0 radical (unpaired) electrons. The summed E-state index contributed by atoms with van der Waals surface area (Å²) in [4.78, 5) is 23.7. The van der Waals surface area contributed by atoms with Gasteiger partial charge in [0.2, 0.25) is 0 Å². The molecule has 0 fully saturated rings. The van der Waals surface area contributed by atoms with Crippen LogP contribution in [0.2, 0.25) is 5.02 Å². The van der Waals surface area contributed by atoms with Crippen LogP contribution in [0.3, 0.4) is 0 Å². The zero-order chi connectivity index (χ0) is 16.6. The van der Waals surface area contributed by atoms with Gasteiger partial charge in [-0.1, -0.05) is 11.6 Å². The quantitative estimate of drug-likeness (QED) is 0.633. The Balaban J connectivity index is 2.00. The summed E-state index contributed by atoms with van der Waals surface area (Å²) in [6.07, 6.45) is 1.72. The Bertz CT molecular complexity index is 824. The van der Waals surface area contributed by atoms with Crippen molar-refractivity contribution in [1.29, 1.82) is 0 Å². The molecule has 1 aliphatic rings. The molecule has 1 aromatic carbocycles. The van der Waals surface area contributed by atoms with Crippen LogP contribution >= 0.6 is 11.6 Å². The molecular weight excluding hydrogens is 320 g/mol. The molecule has 1 aliphatic carbocycles. The van der Waals surface area contributed by atoms with E-state index in [-0.39, 0.29) is 12.2 Å². The summed E-state index contributed by atoms with van der Waals surface area (Å²) in [5, 5.41) is 1.20. The van der Waals surface area contributed by atoms with E-state index in [1.54, 1.807) is 26.0 Å². The van der Waals surface area contributed by atoms with Crippen molar-refractivity contribution in [2.75, 3.05) is 6.61 Å². The highest BCUT2D eigenvalue weighted by molar-refractivity contribution is 6.32. The van der Waals surface area contributed by atoms with Crippen molar-refractivity contribution in [2.45, 2.75) is 39.2 Å². The number of aryl methyl sites for hydroxylation is 1. The molecule has 0 unspecified atom stereocenters. The van der Waals surface area contributed by atoms with E-state index in [2.05, 4.69) is 0 Å². The topological polar surface area (TPSA) is 65.7 Å². The SMILES string of the molecule is CCOC(=O)[C@H](C)Oc1cc2oc(=O)c3c(c2cc1Cl)CCC3. The largest absolute Gasteiger partial charge is 0.477 e. The van der Waals surface area contributed by atoms with Crippen molar-refractivity contribution in [3.8, 4) is 5.75 Å². The summed E-state index contributed by atoms with van der Waals surface area (Å²) in [6, 6.07) is 3.30. The van der Waals surface area contributed by atoms with Crippen LogP contribution < -0.4 is 10.4 Å². The number of carbonyl (C=O) groups excluding carboxylic acids is 1. The molecule has 122 valence electrons. The molecule has 0 saturated carbocycles. The van der Waals surface area contributed by atoms with Gasteiger partial charge in [-0.3, -0.25) is 0 Å². The predicted molar refractivity (Wildman–Crippen MR) is 86.2 cm³/mol. The summed E-state index contributed by atoms with van der Waals surface area (Å²) >= 11 is 6.27. The van der Waals surface area contributed by atoms with E-state index in [9.17, 15) is 9.59 Å². The lowest BCUT2D eigenvalue weighted by atomic mass is 10.1. The number of fused-ring (bicyclic) bond motifs is 3.